The molecule has 2 rings (SSSR count). The molecular weight excluding hydrogens is 362 g/mol. The number of carbonyl (C=O) groups excluding carboxylic acids is 2. The minimum absolute atomic E-state index is 0.201. The van der Waals surface area contributed by atoms with Crippen LogP contribution < -0.4 is 5.32 Å². The van der Waals surface area contributed by atoms with Gasteiger partial charge in [-0.2, -0.15) is 0 Å². The van der Waals surface area contributed by atoms with Crippen molar-refractivity contribution < 1.29 is 19.1 Å². The van der Waals surface area contributed by atoms with Gasteiger partial charge in [0, 0.05) is 30.2 Å². The molecule has 1 aromatic rings. The molecule has 1 aliphatic rings. The van der Waals surface area contributed by atoms with Gasteiger partial charge in [0.25, 0.3) is 5.79 Å². The van der Waals surface area contributed by atoms with E-state index < -0.39 is 17.7 Å². The molecular formula is C14H13BrClNO4. The summed E-state index contributed by atoms with van der Waals surface area (Å²) in [6.07, 6.45) is 1.26. The lowest BCUT2D eigenvalue weighted by Crippen LogP contribution is -2.42. The summed E-state index contributed by atoms with van der Waals surface area (Å²) in [5.74, 6) is -2.71. The van der Waals surface area contributed by atoms with Crippen molar-refractivity contribution in [3.63, 3.8) is 0 Å². The smallest absolute Gasteiger partial charge is 0.350 e. The lowest BCUT2D eigenvalue weighted by atomic mass is 10.2. The van der Waals surface area contributed by atoms with Crippen LogP contribution in [-0.2, 0) is 19.1 Å². The van der Waals surface area contributed by atoms with Crippen molar-refractivity contribution in [3.05, 3.63) is 39.0 Å². The van der Waals surface area contributed by atoms with Crippen LogP contribution in [-0.4, -0.2) is 17.7 Å². The summed E-state index contributed by atoms with van der Waals surface area (Å²) in [4.78, 5) is 23.6. The first-order valence-corrected chi connectivity index (χ1v) is 7.26. The maximum absolute atomic E-state index is 11.8. The van der Waals surface area contributed by atoms with Gasteiger partial charge < -0.3 is 14.8 Å². The summed E-state index contributed by atoms with van der Waals surface area (Å²) in [6.45, 7) is 4.80. The molecule has 0 spiro atoms. The first-order chi connectivity index (χ1) is 9.71. The van der Waals surface area contributed by atoms with E-state index >= 15 is 0 Å². The lowest BCUT2D eigenvalue weighted by Gasteiger charge is -2.29. The van der Waals surface area contributed by atoms with Crippen LogP contribution in [0.5, 0.6) is 0 Å². The number of hydrogen-bond acceptors (Lipinski definition) is 5. The van der Waals surface area contributed by atoms with Gasteiger partial charge in [0.05, 0.1) is 5.02 Å². The molecule has 0 aliphatic carbocycles. The highest BCUT2D eigenvalue weighted by Gasteiger charge is 2.38. The molecule has 0 amide bonds. The maximum atomic E-state index is 11.8. The van der Waals surface area contributed by atoms with Gasteiger partial charge in [-0.1, -0.05) is 11.6 Å². The summed E-state index contributed by atoms with van der Waals surface area (Å²) in [6, 6.07) is 3.53. The van der Waals surface area contributed by atoms with Crippen molar-refractivity contribution in [2.45, 2.75) is 26.6 Å². The fraction of sp³-hybridized carbons (Fsp3) is 0.286. The molecule has 0 bridgehead atoms. The van der Waals surface area contributed by atoms with Crippen LogP contribution >= 0.6 is 27.5 Å². The van der Waals surface area contributed by atoms with E-state index in [1.807, 2.05) is 6.92 Å². The van der Waals surface area contributed by atoms with Gasteiger partial charge in [0.1, 0.15) is 0 Å². The monoisotopic (exact) mass is 373 g/mol. The average Bonchev–Trinajstić information content (AvgIpc) is 2.36. The second kappa shape index (κ2) is 5.69. The normalized spacial score (nSPS) is 17.1. The van der Waals surface area contributed by atoms with Crippen LogP contribution in [0.2, 0.25) is 5.02 Å². The van der Waals surface area contributed by atoms with Crippen molar-refractivity contribution in [2.75, 3.05) is 5.32 Å². The molecule has 21 heavy (non-hydrogen) atoms. The van der Waals surface area contributed by atoms with Crippen LogP contribution in [0.25, 0.3) is 0 Å². The zero-order valence-corrected chi connectivity index (χ0v) is 14.0. The van der Waals surface area contributed by atoms with Crippen molar-refractivity contribution in [2.24, 2.45) is 0 Å². The van der Waals surface area contributed by atoms with E-state index in [0.717, 1.165) is 10.0 Å². The first kappa shape index (κ1) is 15.9. The number of rotatable bonds is 2. The Morgan fingerprint density at radius 2 is 1.81 bits per heavy atom. The van der Waals surface area contributed by atoms with Gasteiger partial charge in [-0.15, -0.1) is 0 Å². The van der Waals surface area contributed by atoms with E-state index in [-0.39, 0.29) is 5.57 Å². The number of carbonyl (C=O) groups is 2. The van der Waals surface area contributed by atoms with Gasteiger partial charge >= 0.3 is 11.9 Å². The van der Waals surface area contributed by atoms with E-state index in [0.29, 0.717) is 10.7 Å². The topological polar surface area (TPSA) is 64.6 Å². The zero-order chi connectivity index (χ0) is 15.8. The van der Waals surface area contributed by atoms with Crippen molar-refractivity contribution in [3.8, 4) is 0 Å². The molecule has 1 N–H and O–H groups in total. The second-order valence-electron chi connectivity index (χ2n) is 4.92. The average molecular weight is 375 g/mol. The largest absolute Gasteiger partial charge is 0.419 e. The molecule has 1 aliphatic heterocycles. The minimum Gasteiger partial charge on any atom is -0.419 e. The number of benzene rings is 1. The standard InChI is InChI=1S/C14H13BrClNO4/c1-7-10(5-4-9(15)11(7)16)17-6-8-12(18)20-14(2,3)21-13(8)19/h4-6,17H,1-3H3. The van der Waals surface area contributed by atoms with Gasteiger partial charge in [0.2, 0.25) is 0 Å². The molecule has 112 valence electrons. The number of cyclic esters (lactones) is 2. The number of halogens is 2. The SMILES string of the molecule is Cc1c(NC=C2C(=O)OC(C)(C)OC2=O)ccc(Br)c1Cl. The van der Waals surface area contributed by atoms with E-state index in [2.05, 4.69) is 21.2 Å². The Hall–Kier alpha value is -1.53. The molecule has 0 saturated carbocycles. The molecule has 7 heteroatoms. The minimum atomic E-state index is -1.25. The highest BCUT2D eigenvalue weighted by Crippen LogP contribution is 2.31. The third-order valence-corrected chi connectivity index (χ3v) is 4.20. The Balaban J connectivity index is 2.24. The van der Waals surface area contributed by atoms with Crippen molar-refractivity contribution in [1.29, 1.82) is 0 Å². The van der Waals surface area contributed by atoms with Gasteiger partial charge in [0.15, 0.2) is 5.57 Å². The Morgan fingerprint density at radius 3 is 2.38 bits per heavy atom. The van der Waals surface area contributed by atoms with Crippen LogP contribution in [0.4, 0.5) is 5.69 Å². The van der Waals surface area contributed by atoms with Crippen LogP contribution in [0.3, 0.4) is 0 Å². The molecule has 0 aromatic heterocycles. The van der Waals surface area contributed by atoms with Crippen molar-refractivity contribution >= 4 is 45.2 Å². The Morgan fingerprint density at radius 1 is 1.24 bits per heavy atom. The van der Waals surface area contributed by atoms with E-state index in [1.54, 1.807) is 12.1 Å². The van der Waals surface area contributed by atoms with Crippen LogP contribution in [0.1, 0.15) is 19.4 Å². The molecule has 1 saturated heterocycles. The maximum Gasteiger partial charge on any atom is 0.350 e. The number of nitrogens with one attached hydrogen (secondary N) is 1. The fourth-order valence-corrected chi connectivity index (χ4v) is 2.33. The van der Waals surface area contributed by atoms with Gasteiger partial charge in [-0.3, -0.25) is 0 Å². The summed E-state index contributed by atoms with van der Waals surface area (Å²) in [7, 11) is 0. The molecule has 1 heterocycles. The zero-order valence-electron chi connectivity index (χ0n) is 11.6. The summed E-state index contributed by atoms with van der Waals surface area (Å²) in [5.41, 5.74) is 1.25. The molecule has 5 nitrogen and oxygen atoms in total. The number of ether oxygens (including phenoxy) is 2. The van der Waals surface area contributed by atoms with E-state index in [4.69, 9.17) is 21.1 Å². The second-order valence-corrected chi connectivity index (χ2v) is 6.15. The summed E-state index contributed by atoms with van der Waals surface area (Å²) >= 11 is 9.42. The van der Waals surface area contributed by atoms with Crippen LogP contribution in [0, 0.1) is 6.92 Å². The molecule has 0 atom stereocenters. The van der Waals surface area contributed by atoms with E-state index in [9.17, 15) is 9.59 Å². The van der Waals surface area contributed by atoms with Gasteiger partial charge in [-0.05, 0) is 40.5 Å². The quantitative estimate of drug-likeness (QED) is 0.487. The van der Waals surface area contributed by atoms with Crippen molar-refractivity contribution in [1.82, 2.24) is 0 Å². The Labute approximate surface area is 135 Å². The Kier molecular flexibility index (Phi) is 4.30. The lowest BCUT2D eigenvalue weighted by molar-refractivity contribution is -0.222. The first-order valence-electron chi connectivity index (χ1n) is 6.09. The summed E-state index contributed by atoms with van der Waals surface area (Å²) < 4.78 is 10.8. The molecule has 1 fully saturated rings. The van der Waals surface area contributed by atoms with Crippen LogP contribution in [0.15, 0.2) is 28.4 Å². The number of esters is 2. The Bertz CT molecular complexity index is 633. The predicted octanol–water partition coefficient (Wildman–Crippen LogP) is 3.54. The number of anilines is 1. The molecule has 0 radical (unpaired) electrons. The third-order valence-electron chi connectivity index (χ3n) is 2.83. The van der Waals surface area contributed by atoms with Gasteiger partial charge in [-0.25, -0.2) is 9.59 Å². The van der Waals surface area contributed by atoms with E-state index in [1.165, 1.54) is 20.0 Å². The number of hydrogen-bond donors (Lipinski definition) is 1. The molecule has 1 aromatic carbocycles. The highest BCUT2D eigenvalue weighted by atomic mass is 79.9. The third kappa shape index (κ3) is 3.39. The fourth-order valence-electron chi connectivity index (χ4n) is 1.74. The molecule has 0 unspecified atom stereocenters. The highest BCUT2D eigenvalue weighted by molar-refractivity contribution is 9.10. The predicted molar refractivity (Wildman–Crippen MR) is 81.9 cm³/mol. The summed E-state index contributed by atoms with van der Waals surface area (Å²) in [5, 5.41) is 3.42.